The number of para-hydroxylation sites is 1. The van der Waals surface area contributed by atoms with Gasteiger partial charge in [-0.05, 0) is 62.4 Å². The summed E-state index contributed by atoms with van der Waals surface area (Å²) in [6.45, 7) is 9.59. The maximum atomic E-state index is 13.0. The van der Waals surface area contributed by atoms with Crippen LogP contribution in [0.25, 0.3) is 0 Å². The van der Waals surface area contributed by atoms with E-state index in [2.05, 4.69) is 0 Å². The van der Waals surface area contributed by atoms with E-state index < -0.39 is 5.60 Å². The van der Waals surface area contributed by atoms with Gasteiger partial charge in [-0.25, -0.2) is 0 Å². The second-order valence-corrected chi connectivity index (χ2v) is 9.82. The molecule has 1 spiro atoms. The zero-order valence-electron chi connectivity index (χ0n) is 19.9. The van der Waals surface area contributed by atoms with Crippen LogP contribution in [-0.4, -0.2) is 41.9 Å². The van der Waals surface area contributed by atoms with Crippen LogP contribution in [-0.2, 0) is 4.79 Å². The largest absolute Gasteiger partial charge is 0.493 e. The highest BCUT2D eigenvalue weighted by atomic mass is 35.5. The van der Waals surface area contributed by atoms with Gasteiger partial charge >= 0.3 is 0 Å². The van der Waals surface area contributed by atoms with Crippen molar-refractivity contribution in [3.63, 3.8) is 0 Å². The van der Waals surface area contributed by atoms with Crippen molar-refractivity contribution in [3.8, 4) is 11.5 Å². The van der Waals surface area contributed by atoms with E-state index in [4.69, 9.17) is 21.1 Å². The second kappa shape index (κ2) is 9.38. The molecule has 0 radical (unpaired) electrons. The Morgan fingerprint density at radius 3 is 2.45 bits per heavy atom. The minimum Gasteiger partial charge on any atom is -0.493 e. The lowest BCUT2D eigenvalue weighted by atomic mass is 9.81. The van der Waals surface area contributed by atoms with E-state index in [1.54, 1.807) is 0 Å². The number of piperidine rings is 1. The van der Waals surface area contributed by atoms with Crippen molar-refractivity contribution in [1.82, 2.24) is 4.90 Å². The average Bonchev–Trinajstić information content (AvgIpc) is 2.76. The van der Waals surface area contributed by atoms with E-state index in [1.807, 2.05) is 56.9 Å². The van der Waals surface area contributed by atoms with Crippen LogP contribution in [0.5, 0.6) is 11.5 Å². The number of ketones is 1. The molecule has 2 aliphatic heterocycles. The molecule has 33 heavy (non-hydrogen) atoms. The lowest BCUT2D eigenvalue weighted by Gasteiger charge is -2.44. The van der Waals surface area contributed by atoms with E-state index >= 15 is 0 Å². The highest BCUT2D eigenvalue weighted by molar-refractivity contribution is 6.32. The number of ether oxygens (including phenoxy) is 2. The lowest BCUT2D eigenvalue weighted by Crippen LogP contribution is -2.52. The molecule has 176 valence electrons. The number of hydrogen-bond donors (Lipinski definition) is 0. The van der Waals surface area contributed by atoms with Crippen LogP contribution < -0.4 is 9.47 Å². The van der Waals surface area contributed by atoms with Gasteiger partial charge in [-0.1, -0.05) is 29.8 Å². The quantitative estimate of drug-likeness (QED) is 0.522. The number of nitrogens with zero attached hydrogens (tertiary/aromatic N) is 1. The molecule has 6 heteroatoms. The summed E-state index contributed by atoms with van der Waals surface area (Å²) in [5.41, 5.74) is 4.01. The fraction of sp³-hybridized carbons (Fsp3) is 0.481. The first-order valence-electron chi connectivity index (χ1n) is 11.7. The highest BCUT2D eigenvalue weighted by Crippen LogP contribution is 2.43. The summed E-state index contributed by atoms with van der Waals surface area (Å²) < 4.78 is 12.3. The van der Waals surface area contributed by atoms with Gasteiger partial charge in [0.05, 0.1) is 18.6 Å². The monoisotopic (exact) mass is 469 g/mol. The molecule has 0 N–H and O–H groups in total. The first-order chi connectivity index (χ1) is 15.7. The van der Waals surface area contributed by atoms with Gasteiger partial charge in [0.2, 0.25) is 5.91 Å². The first-order valence-corrected chi connectivity index (χ1v) is 12.1. The molecule has 0 unspecified atom stereocenters. The summed E-state index contributed by atoms with van der Waals surface area (Å²) in [5.74, 6) is 1.76. The standard InChI is InChI=1S/C27H32ClNO4/c1-17-7-5-8-18(2)26(17)32-14-6-9-23(31)29-12-10-27(11-13-29)16-21(30)24-20(4)25(28)19(3)15-22(24)33-27/h5,7-8,15H,6,9-14,16H2,1-4H3. The van der Waals surface area contributed by atoms with Gasteiger partial charge in [0, 0.05) is 37.4 Å². The van der Waals surface area contributed by atoms with Gasteiger partial charge in [-0.15, -0.1) is 0 Å². The number of carbonyl (C=O) groups is 2. The molecule has 2 aromatic carbocycles. The predicted molar refractivity (Wildman–Crippen MR) is 130 cm³/mol. The van der Waals surface area contributed by atoms with E-state index in [-0.39, 0.29) is 11.7 Å². The van der Waals surface area contributed by atoms with Crippen molar-refractivity contribution in [2.24, 2.45) is 0 Å². The van der Waals surface area contributed by atoms with Gasteiger partial charge < -0.3 is 14.4 Å². The molecule has 0 aliphatic carbocycles. The topological polar surface area (TPSA) is 55.8 Å². The predicted octanol–water partition coefficient (Wildman–Crippen LogP) is 5.76. The molecule has 2 heterocycles. The Kier molecular flexibility index (Phi) is 6.71. The molecule has 2 aliphatic rings. The Morgan fingerprint density at radius 2 is 1.79 bits per heavy atom. The lowest BCUT2D eigenvalue weighted by molar-refractivity contribution is -0.135. The van der Waals surface area contributed by atoms with Crippen LogP contribution in [0.1, 0.15) is 64.7 Å². The number of amides is 1. The van der Waals surface area contributed by atoms with Crippen molar-refractivity contribution in [2.45, 2.75) is 65.4 Å². The van der Waals surface area contributed by atoms with Crippen LogP contribution >= 0.6 is 11.6 Å². The Morgan fingerprint density at radius 1 is 1.12 bits per heavy atom. The normalized spacial score (nSPS) is 17.0. The van der Waals surface area contributed by atoms with Crippen LogP contribution in [0.15, 0.2) is 24.3 Å². The van der Waals surface area contributed by atoms with Crippen LogP contribution in [0.4, 0.5) is 0 Å². The van der Waals surface area contributed by atoms with Crippen molar-refractivity contribution < 1.29 is 19.1 Å². The summed E-state index contributed by atoms with van der Waals surface area (Å²) in [7, 11) is 0. The first kappa shape index (κ1) is 23.6. The van der Waals surface area contributed by atoms with Crippen molar-refractivity contribution in [3.05, 3.63) is 57.1 Å². The van der Waals surface area contributed by atoms with Crippen molar-refractivity contribution in [1.29, 1.82) is 0 Å². The third kappa shape index (κ3) is 4.74. The zero-order chi connectivity index (χ0) is 23.8. The highest BCUT2D eigenvalue weighted by Gasteiger charge is 2.44. The molecule has 0 bridgehead atoms. The van der Waals surface area contributed by atoms with Gasteiger partial charge in [0.15, 0.2) is 5.78 Å². The van der Waals surface area contributed by atoms with Crippen molar-refractivity contribution >= 4 is 23.3 Å². The molecule has 2 aromatic rings. The third-order valence-corrected chi connectivity index (χ3v) is 7.53. The Balaban J connectivity index is 1.31. The number of rotatable bonds is 5. The molecule has 5 nitrogen and oxygen atoms in total. The second-order valence-electron chi connectivity index (χ2n) is 9.44. The zero-order valence-corrected chi connectivity index (χ0v) is 20.7. The van der Waals surface area contributed by atoms with Crippen molar-refractivity contribution in [2.75, 3.05) is 19.7 Å². The summed E-state index contributed by atoms with van der Waals surface area (Å²) >= 11 is 6.35. The molecule has 0 aromatic heterocycles. The molecule has 1 saturated heterocycles. The maximum Gasteiger partial charge on any atom is 0.222 e. The molecular weight excluding hydrogens is 438 g/mol. The van der Waals surface area contributed by atoms with E-state index in [1.165, 1.54) is 0 Å². The Bertz CT molecular complexity index is 1070. The smallest absolute Gasteiger partial charge is 0.222 e. The molecule has 4 rings (SSSR count). The summed E-state index contributed by atoms with van der Waals surface area (Å²) in [5, 5.41) is 0.628. The number of benzene rings is 2. The number of likely N-dealkylation sites (tertiary alicyclic amines) is 1. The molecule has 1 fully saturated rings. The van der Waals surface area contributed by atoms with Crippen LogP contribution in [0.3, 0.4) is 0 Å². The van der Waals surface area contributed by atoms with E-state index in [9.17, 15) is 9.59 Å². The van der Waals surface area contributed by atoms with Gasteiger partial charge in [0.1, 0.15) is 17.1 Å². The minimum atomic E-state index is -0.529. The fourth-order valence-corrected chi connectivity index (χ4v) is 5.17. The third-order valence-electron chi connectivity index (χ3n) is 6.95. The molecule has 0 atom stereocenters. The molecular formula is C27H32ClNO4. The Hall–Kier alpha value is -2.53. The number of hydrogen-bond acceptors (Lipinski definition) is 4. The number of fused-ring (bicyclic) bond motifs is 1. The molecule has 0 saturated carbocycles. The average molecular weight is 470 g/mol. The van der Waals surface area contributed by atoms with Crippen LogP contribution in [0.2, 0.25) is 5.02 Å². The molecule has 1 amide bonds. The summed E-state index contributed by atoms with van der Waals surface area (Å²) in [6, 6.07) is 7.95. The SMILES string of the molecule is Cc1cc2c(c(C)c1Cl)C(=O)CC1(CCN(C(=O)CCCOc3c(C)cccc3C)CC1)O2. The number of aryl methyl sites for hydroxylation is 3. The maximum absolute atomic E-state index is 13.0. The van der Waals surface area contributed by atoms with Gasteiger partial charge in [-0.3, -0.25) is 9.59 Å². The minimum absolute atomic E-state index is 0.0825. The number of Topliss-reactive ketones (excluding diaryl/α,β-unsaturated/α-hetero) is 1. The summed E-state index contributed by atoms with van der Waals surface area (Å²) in [4.78, 5) is 27.6. The van der Waals surface area contributed by atoms with E-state index in [0.29, 0.717) is 68.1 Å². The van der Waals surface area contributed by atoms with Gasteiger partial charge in [-0.2, -0.15) is 0 Å². The van der Waals surface area contributed by atoms with Crippen LogP contribution in [0, 0.1) is 27.7 Å². The van der Waals surface area contributed by atoms with Gasteiger partial charge in [0.25, 0.3) is 0 Å². The van der Waals surface area contributed by atoms with E-state index in [0.717, 1.165) is 28.0 Å². The fourth-order valence-electron chi connectivity index (χ4n) is 5.02. The number of carbonyl (C=O) groups excluding carboxylic acids is 2. The summed E-state index contributed by atoms with van der Waals surface area (Å²) in [6.07, 6.45) is 2.78. The number of halogens is 1. The Labute approximate surface area is 201 Å².